The summed E-state index contributed by atoms with van der Waals surface area (Å²) in [7, 11) is 0. The van der Waals surface area contributed by atoms with Gasteiger partial charge in [-0.05, 0) is 24.6 Å². The van der Waals surface area contributed by atoms with Gasteiger partial charge in [0.1, 0.15) is 0 Å². The highest BCUT2D eigenvalue weighted by Gasteiger charge is 2.16. The molecule has 0 unspecified atom stereocenters. The molecule has 0 saturated carbocycles. The Balaban J connectivity index is 1.97. The Kier molecular flexibility index (Phi) is 18.5. The number of hydrogen-bond acceptors (Lipinski definition) is 9. The molecule has 0 bridgehead atoms. The zero-order valence-electron chi connectivity index (χ0n) is 21.0. The van der Waals surface area contributed by atoms with E-state index in [0.29, 0.717) is 66.1 Å². The second-order valence-corrected chi connectivity index (χ2v) is 7.28. The third-order valence-corrected chi connectivity index (χ3v) is 4.33. The standard InChI is InChI=1S/C24H37F2NO9/c1-3-30-6-7-32-10-11-34-14-15-35-13-12-33-9-8-31-5-4-23(29)36-24-21(25)16-20(17-22(24)26)18-27-19(2)28/h16-17H,3-15,18H2,1-2H3,(H,27,28). The molecule has 1 rings (SSSR count). The number of hydrogen-bond donors (Lipinski definition) is 1. The molecule has 0 aromatic heterocycles. The van der Waals surface area contributed by atoms with Crippen LogP contribution in [0, 0.1) is 11.6 Å². The number of halogens is 2. The molecule has 36 heavy (non-hydrogen) atoms. The number of ether oxygens (including phenoxy) is 7. The lowest BCUT2D eigenvalue weighted by atomic mass is 10.2. The molecule has 0 radical (unpaired) electrons. The summed E-state index contributed by atoms with van der Waals surface area (Å²) in [5.41, 5.74) is 0.205. The quantitative estimate of drug-likeness (QED) is 0.139. The predicted octanol–water partition coefficient (Wildman–Crippen LogP) is 2.02. The molecule has 0 aliphatic carbocycles. The fraction of sp³-hybridized carbons (Fsp3) is 0.667. The van der Waals surface area contributed by atoms with Gasteiger partial charge in [0.25, 0.3) is 0 Å². The zero-order chi connectivity index (χ0) is 26.4. The van der Waals surface area contributed by atoms with Gasteiger partial charge < -0.3 is 38.5 Å². The van der Waals surface area contributed by atoms with Crippen LogP contribution in [0.25, 0.3) is 0 Å². The Morgan fingerprint density at radius 1 is 0.722 bits per heavy atom. The van der Waals surface area contributed by atoms with E-state index < -0.39 is 23.4 Å². The van der Waals surface area contributed by atoms with Gasteiger partial charge >= 0.3 is 5.97 Å². The summed E-state index contributed by atoms with van der Waals surface area (Å²) >= 11 is 0. The summed E-state index contributed by atoms with van der Waals surface area (Å²) in [6.45, 7) is 8.22. The smallest absolute Gasteiger partial charge is 0.313 e. The van der Waals surface area contributed by atoms with Gasteiger partial charge in [-0.1, -0.05) is 0 Å². The van der Waals surface area contributed by atoms with E-state index in [1.54, 1.807) is 0 Å². The number of nitrogens with one attached hydrogen (secondary N) is 1. The SMILES string of the molecule is CCOCCOCCOCCOCCOCCOCCC(=O)Oc1c(F)cc(CNC(C)=O)cc1F. The van der Waals surface area contributed by atoms with Crippen LogP contribution in [-0.2, 0) is 44.6 Å². The van der Waals surface area contributed by atoms with Gasteiger partial charge in [-0.2, -0.15) is 0 Å². The normalized spacial score (nSPS) is 11.0. The number of carbonyl (C=O) groups excluding carboxylic acids is 2. The Labute approximate surface area is 210 Å². The molecule has 1 aromatic rings. The monoisotopic (exact) mass is 521 g/mol. The highest BCUT2D eigenvalue weighted by Crippen LogP contribution is 2.23. The topological polar surface area (TPSA) is 111 Å². The molecule has 1 amide bonds. The first kappa shape index (κ1) is 31.8. The van der Waals surface area contributed by atoms with Crippen LogP contribution in [0.3, 0.4) is 0 Å². The van der Waals surface area contributed by atoms with E-state index in [9.17, 15) is 18.4 Å². The summed E-state index contributed by atoms with van der Waals surface area (Å²) in [5, 5.41) is 2.43. The Morgan fingerprint density at radius 2 is 1.14 bits per heavy atom. The number of esters is 1. The van der Waals surface area contributed by atoms with Crippen molar-refractivity contribution in [2.75, 3.05) is 79.3 Å². The minimum Gasteiger partial charge on any atom is -0.420 e. The molecular weight excluding hydrogens is 484 g/mol. The van der Waals surface area contributed by atoms with E-state index >= 15 is 0 Å². The van der Waals surface area contributed by atoms with Crippen molar-refractivity contribution in [3.63, 3.8) is 0 Å². The van der Waals surface area contributed by atoms with Crippen molar-refractivity contribution < 1.29 is 51.5 Å². The first-order valence-corrected chi connectivity index (χ1v) is 11.8. The van der Waals surface area contributed by atoms with Gasteiger partial charge in [0, 0.05) is 20.1 Å². The molecule has 10 nitrogen and oxygen atoms in total. The van der Waals surface area contributed by atoms with Crippen molar-refractivity contribution in [1.82, 2.24) is 5.32 Å². The van der Waals surface area contributed by atoms with E-state index in [1.807, 2.05) is 6.92 Å². The van der Waals surface area contributed by atoms with Crippen molar-refractivity contribution in [3.05, 3.63) is 29.3 Å². The van der Waals surface area contributed by atoms with Crippen LogP contribution in [0.2, 0.25) is 0 Å². The van der Waals surface area contributed by atoms with Crippen molar-refractivity contribution in [2.45, 2.75) is 26.8 Å². The van der Waals surface area contributed by atoms with Crippen molar-refractivity contribution in [3.8, 4) is 5.75 Å². The van der Waals surface area contributed by atoms with Crippen molar-refractivity contribution in [2.24, 2.45) is 0 Å². The first-order chi connectivity index (χ1) is 17.4. The maximum Gasteiger partial charge on any atom is 0.313 e. The average molecular weight is 522 g/mol. The molecule has 0 heterocycles. The first-order valence-electron chi connectivity index (χ1n) is 11.8. The highest BCUT2D eigenvalue weighted by atomic mass is 19.1. The molecule has 0 fully saturated rings. The molecule has 0 saturated heterocycles. The van der Waals surface area contributed by atoms with Crippen LogP contribution in [0.5, 0.6) is 5.75 Å². The van der Waals surface area contributed by atoms with E-state index in [2.05, 4.69) is 5.32 Å². The van der Waals surface area contributed by atoms with E-state index in [4.69, 9.17) is 33.2 Å². The summed E-state index contributed by atoms with van der Waals surface area (Å²) in [6.07, 6.45) is -0.187. The maximum absolute atomic E-state index is 14.0. The fourth-order valence-electron chi connectivity index (χ4n) is 2.60. The van der Waals surface area contributed by atoms with Crippen LogP contribution in [0.4, 0.5) is 8.78 Å². The maximum atomic E-state index is 14.0. The second kappa shape index (κ2) is 20.9. The number of carbonyl (C=O) groups is 2. The van der Waals surface area contributed by atoms with Gasteiger partial charge in [0.15, 0.2) is 11.6 Å². The van der Waals surface area contributed by atoms with Gasteiger partial charge in [0.2, 0.25) is 11.7 Å². The molecule has 206 valence electrons. The Bertz CT molecular complexity index is 729. The molecule has 0 aliphatic heterocycles. The molecule has 12 heteroatoms. The number of benzene rings is 1. The van der Waals surface area contributed by atoms with Gasteiger partial charge in [-0.15, -0.1) is 0 Å². The van der Waals surface area contributed by atoms with E-state index in [0.717, 1.165) is 12.1 Å². The molecule has 0 atom stereocenters. The van der Waals surface area contributed by atoms with E-state index in [1.165, 1.54) is 6.92 Å². The molecular formula is C24H37F2NO9. The molecule has 0 aliphatic rings. The minimum atomic E-state index is -1.03. The van der Waals surface area contributed by atoms with Crippen LogP contribution in [0.1, 0.15) is 25.8 Å². The lowest BCUT2D eigenvalue weighted by Crippen LogP contribution is -2.19. The summed E-state index contributed by atoms with van der Waals surface area (Å²) in [5.74, 6) is -4.02. The lowest BCUT2D eigenvalue weighted by molar-refractivity contribution is -0.136. The summed E-state index contributed by atoms with van der Waals surface area (Å²) in [4.78, 5) is 22.7. The summed E-state index contributed by atoms with van der Waals surface area (Å²) in [6, 6.07) is 1.99. The predicted molar refractivity (Wildman–Crippen MR) is 125 cm³/mol. The highest BCUT2D eigenvalue weighted by molar-refractivity contribution is 5.73. The Morgan fingerprint density at radius 3 is 1.56 bits per heavy atom. The molecule has 0 spiro atoms. The molecule has 1 N–H and O–H groups in total. The Hall–Kier alpha value is -2.22. The van der Waals surface area contributed by atoms with Gasteiger partial charge in [0.05, 0.1) is 79.1 Å². The van der Waals surface area contributed by atoms with Crippen LogP contribution < -0.4 is 10.1 Å². The van der Waals surface area contributed by atoms with E-state index in [-0.39, 0.29) is 37.6 Å². The van der Waals surface area contributed by atoms with Crippen LogP contribution in [-0.4, -0.2) is 91.2 Å². The van der Waals surface area contributed by atoms with Crippen molar-refractivity contribution >= 4 is 11.9 Å². The van der Waals surface area contributed by atoms with Crippen LogP contribution in [0.15, 0.2) is 12.1 Å². The number of rotatable bonds is 22. The lowest BCUT2D eigenvalue weighted by Gasteiger charge is -2.10. The average Bonchev–Trinajstić information content (AvgIpc) is 2.84. The van der Waals surface area contributed by atoms with Gasteiger partial charge in [-0.3, -0.25) is 9.59 Å². The number of amides is 1. The van der Waals surface area contributed by atoms with Gasteiger partial charge in [-0.25, -0.2) is 8.78 Å². The fourth-order valence-corrected chi connectivity index (χ4v) is 2.60. The largest absolute Gasteiger partial charge is 0.420 e. The minimum absolute atomic E-state index is 0.00915. The zero-order valence-corrected chi connectivity index (χ0v) is 21.0. The third-order valence-electron chi connectivity index (χ3n) is 4.33. The molecule has 1 aromatic carbocycles. The van der Waals surface area contributed by atoms with Crippen molar-refractivity contribution in [1.29, 1.82) is 0 Å². The summed E-state index contributed by atoms with van der Waals surface area (Å²) < 4.78 is 64.6. The second-order valence-electron chi connectivity index (χ2n) is 7.28. The third kappa shape index (κ3) is 16.5. The van der Waals surface area contributed by atoms with Crippen LogP contribution >= 0.6 is 0 Å².